The van der Waals surface area contributed by atoms with Gasteiger partial charge in [0.25, 0.3) is 0 Å². The maximum atomic E-state index is 2.41. The van der Waals surface area contributed by atoms with Crippen LogP contribution in [0.15, 0.2) is 115 Å². The first-order valence-corrected chi connectivity index (χ1v) is 12.1. The van der Waals surface area contributed by atoms with Crippen molar-refractivity contribution in [3.05, 3.63) is 124 Å². The molecule has 0 radical (unpaired) electrons. The van der Waals surface area contributed by atoms with Gasteiger partial charge in [-0.1, -0.05) is 66.7 Å². The van der Waals surface area contributed by atoms with Crippen LogP contribution in [0, 0.1) is 3.57 Å². The van der Waals surface area contributed by atoms with Crippen LogP contribution in [0.3, 0.4) is 0 Å². The zero-order valence-electron chi connectivity index (χ0n) is 15.0. The molecule has 2 heteroatoms. The molecule has 0 aliphatic rings. The van der Waals surface area contributed by atoms with Crippen molar-refractivity contribution < 1.29 is 0 Å². The Morgan fingerprint density at radius 2 is 0.963 bits per heavy atom. The predicted molar refractivity (Wildman–Crippen MR) is 128 cm³/mol. The van der Waals surface area contributed by atoms with Crippen LogP contribution in [-0.4, -0.2) is 0 Å². The Morgan fingerprint density at radius 1 is 0.519 bits per heavy atom. The van der Waals surface area contributed by atoms with Crippen LogP contribution in [0.4, 0.5) is 0 Å². The Bertz CT molecular complexity index is 901. The summed E-state index contributed by atoms with van der Waals surface area (Å²) in [5.74, 6) is 0. The van der Waals surface area contributed by atoms with Gasteiger partial charge in [-0.2, -0.15) is 0 Å². The van der Waals surface area contributed by atoms with Crippen LogP contribution in [0.25, 0.3) is 0 Å². The Morgan fingerprint density at radius 3 is 1.37 bits per heavy atom. The number of halogens is 1. The fourth-order valence-corrected chi connectivity index (χ4v) is 8.52. The zero-order valence-corrected chi connectivity index (χ0v) is 18.1. The highest BCUT2D eigenvalue weighted by Gasteiger charge is 2.45. The van der Waals surface area contributed by atoms with Crippen molar-refractivity contribution in [1.82, 2.24) is 0 Å². The summed E-state index contributed by atoms with van der Waals surface area (Å²) < 4.78 is 1.29. The van der Waals surface area contributed by atoms with E-state index in [1.54, 1.807) is 0 Å². The molecule has 0 saturated heterocycles. The van der Waals surface area contributed by atoms with Crippen LogP contribution >= 0.6 is 29.9 Å². The van der Waals surface area contributed by atoms with Crippen molar-refractivity contribution in [2.24, 2.45) is 0 Å². The second kappa shape index (κ2) is 8.37. The molecule has 132 valence electrons. The molecule has 4 aromatic carbocycles. The van der Waals surface area contributed by atoms with E-state index in [4.69, 9.17) is 0 Å². The molecule has 0 atom stereocenters. The Hall–Kier alpha value is -1.96. The molecule has 0 amide bonds. The standard InChI is InChI=1S/C25H21IP/c26-22-12-10-11-21(19-22)20-27(23-13-4-1-5-14-23,24-15-6-2-7-16-24)25-17-8-3-9-18-25/h1-19H,20H2/q+1. The fourth-order valence-electron chi connectivity index (χ4n) is 3.68. The summed E-state index contributed by atoms with van der Waals surface area (Å²) in [6.07, 6.45) is 1.03. The van der Waals surface area contributed by atoms with Crippen LogP contribution in [0.5, 0.6) is 0 Å². The van der Waals surface area contributed by atoms with E-state index in [9.17, 15) is 0 Å². The van der Waals surface area contributed by atoms with E-state index < -0.39 is 7.26 Å². The molecule has 0 spiro atoms. The maximum Gasteiger partial charge on any atom is 0.116 e. The van der Waals surface area contributed by atoms with E-state index >= 15 is 0 Å². The van der Waals surface area contributed by atoms with E-state index in [1.807, 2.05) is 0 Å². The van der Waals surface area contributed by atoms with Crippen molar-refractivity contribution in [1.29, 1.82) is 0 Å². The molecule has 0 saturated carbocycles. The van der Waals surface area contributed by atoms with Crippen molar-refractivity contribution in [3.8, 4) is 0 Å². The van der Waals surface area contributed by atoms with Gasteiger partial charge in [-0.3, -0.25) is 0 Å². The van der Waals surface area contributed by atoms with E-state index in [-0.39, 0.29) is 0 Å². The zero-order chi connectivity index (χ0) is 18.5. The molecule has 0 aliphatic carbocycles. The first-order valence-electron chi connectivity index (χ1n) is 9.08. The highest BCUT2D eigenvalue weighted by molar-refractivity contribution is 14.1. The summed E-state index contributed by atoms with van der Waals surface area (Å²) in [4.78, 5) is 0. The highest BCUT2D eigenvalue weighted by atomic mass is 127. The quantitative estimate of drug-likeness (QED) is 0.251. The first kappa shape index (κ1) is 18.4. The summed E-state index contributed by atoms with van der Waals surface area (Å²) >= 11 is 2.41. The Labute approximate surface area is 175 Å². The Balaban J connectivity index is 2.00. The predicted octanol–water partition coefficient (Wildman–Crippen LogP) is 5.79. The molecule has 0 fully saturated rings. The SMILES string of the molecule is Ic1cccc(C[P+](c2ccccc2)(c2ccccc2)c2ccccc2)c1. The normalized spacial score (nSPS) is 11.3. The van der Waals surface area contributed by atoms with Gasteiger partial charge in [0.2, 0.25) is 0 Å². The van der Waals surface area contributed by atoms with Gasteiger partial charge in [-0.15, -0.1) is 0 Å². The second-order valence-electron chi connectivity index (χ2n) is 6.60. The van der Waals surface area contributed by atoms with E-state index in [2.05, 4.69) is 138 Å². The van der Waals surface area contributed by atoms with E-state index in [0.29, 0.717) is 0 Å². The lowest BCUT2D eigenvalue weighted by atomic mass is 10.2. The molecule has 0 nitrogen and oxygen atoms in total. The number of benzene rings is 4. The lowest BCUT2D eigenvalue weighted by Gasteiger charge is -2.28. The summed E-state index contributed by atoms with van der Waals surface area (Å²) in [5.41, 5.74) is 1.40. The van der Waals surface area contributed by atoms with Gasteiger partial charge < -0.3 is 0 Å². The van der Waals surface area contributed by atoms with E-state index in [1.165, 1.54) is 25.0 Å². The van der Waals surface area contributed by atoms with Crippen LogP contribution in [-0.2, 0) is 6.16 Å². The molecular weight excluding hydrogens is 458 g/mol. The fraction of sp³-hybridized carbons (Fsp3) is 0.0400. The summed E-state index contributed by atoms with van der Waals surface area (Å²) in [6.45, 7) is 0. The van der Waals surface area contributed by atoms with Gasteiger partial charge in [0.1, 0.15) is 23.2 Å². The van der Waals surface area contributed by atoms with Crippen LogP contribution in [0.2, 0.25) is 0 Å². The number of rotatable bonds is 5. The lowest BCUT2D eigenvalue weighted by molar-refractivity contribution is 1.37. The molecule has 0 aromatic heterocycles. The van der Waals surface area contributed by atoms with Crippen LogP contribution < -0.4 is 15.9 Å². The molecule has 27 heavy (non-hydrogen) atoms. The number of hydrogen-bond acceptors (Lipinski definition) is 0. The largest absolute Gasteiger partial charge is 0.116 e. The monoisotopic (exact) mass is 479 g/mol. The third-order valence-electron chi connectivity index (χ3n) is 4.90. The third kappa shape index (κ3) is 3.85. The molecule has 0 unspecified atom stereocenters. The smallest absolute Gasteiger partial charge is 0.0620 e. The van der Waals surface area contributed by atoms with Crippen molar-refractivity contribution >= 4 is 45.8 Å². The molecule has 0 heterocycles. The van der Waals surface area contributed by atoms with Gasteiger partial charge >= 0.3 is 0 Å². The first-order chi connectivity index (χ1) is 13.3. The maximum absolute atomic E-state index is 2.41. The Kier molecular flexibility index (Phi) is 5.71. The molecular formula is C25H21IP+. The lowest BCUT2D eigenvalue weighted by Crippen LogP contribution is -2.32. The third-order valence-corrected chi connectivity index (χ3v) is 9.95. The van der Waals surface area contributed by atoms with Crippen LogP contribution in [0.1, 0.15) is 5.56 Å². The summed E-state index contributed by atoms with van der Waals surface area (Å²) in [6, 6.07) is 42.1. The average molecular weight is 479 g/mol. The minimum Gasteiger partial charge on any atom is -0.0620 e. The minimum absolute atomic E-state index is 1.03. The van der Waals surface area contributed by atoms with Crippen molar-refractivity contribution in [2.45, 2.75) is 6.16 Å². The molecule has 4 rings (SSSR count). The average Bonchev–Trinajstić information content (AvgIpc) is 2.74. The second-order valence-corrected chi connectivity index (χ2v) is 11.3. The van der Waals surface area contributed by atoms with Crippen molar-refractivity contribution in [3.63, 3.8) is 0 Å². The van der Waals surface area contributed by atoms with Gasteiger partial charge in [0, 0.05) is 3.57 Å². The van der Waals surface area contributed by atoms with Gasteiger partial charge in [0.05, 0.1) is 6.16 Å². The summed E-state index contributed by atoms with van der Waals surface area (Å²) in [7, 11) is -1.80. The van der Waals surface area contributed by atoms with Gasteiger partial charge in [-0.05, 0) is 76.7 Å². The van der Waals surface area contributed by atoms with Gasteiger partial charge in [0.15, 0.2) is 0 Å². The number of hydrogen-bond donors (Lipinski definition) is 0. The molecule has 0 bridgehead atoms. The molecule has 0 N–H and O–H groups in total. The minimum atomic E-state index is -1.80. The van der Waals surface area contributed by atoms with Crippen molar-refractivity contribution in [2.75, 3.05) is 0 Å². The highest BCUT2D eigenvalue weighted by Crippen LogP contribution is 2.58. The summed E-state index contributed by atoms with van der Waals surface area (Å²) in [5, 5.41) is 4.30. The molecule has 0 aliphatic heterocycles. The topological polar surface area (TPSA) is 0 Å². The molecule has 4 aromatic rings. The van der Waals surface area contributed by atoms with E-state index in [0.717, 1.165) is 6.16 Å². The van der Waals surface area contributed by atoms with Gasteiger partial charge in [-0.25, -0.2) is 0 Å².